The van der Waals surface area contributed by atoms with Crippen LogP contribution in [0.2, 0.25) is 5.02 Å². The number of nitrogens with two attached hydrogens (primary N) is 1. The minimum atomic E-state index is -4.09. The number of hydrogen-bond acceptors (Lipinski definition) is 2. The van der Waals surface area contributed by atoms with Crippen LogP contribution in [0.1, 0.15) is 12.8 Å². The molecule has 0 atom stereocenters. The van der Waals surface area contributed by atoms with Crippen LogP contribution >= 0.6 is 23.4 Å². The van der Waals surface area contributed by atoms with E-state index in [9.17, 15) is 13.2 Å². The number of halogens is 4. The summed E-state index contributed by atoms with van der Waals surface area (Å²) in [5, 5.41) is 0.483. The monoisotopic (exact) mass is 269 g/mol. The van der Waals surface area contributed by atoms with E-state index >= 15 is 0 Å². The molecule has 1 rings (SSSR count). The highest BCUT2D eigenvalue weighted by Crippen LogP contribution is 2.33. The van der Waals surface area contributed by atoms with E-state index in [1.54, 1.807) is 18.2 Å². The van der Waals surface area contributed by atoms with Crippen LogP contribution in [-0.2, 0) is 0 Å². The van der Waals surface area contributed by atoms with Gasteiger partial charge in [-0.1, -0.05) is 17.7 Å². The Morgan fingerprint density at radius 2 is 2.00 bits per heavy atom. The maximum absolute atomic E-state index is 11.9. The fourth-order valence-electron chi connectivity index (χ4n) is 1.12. The molecule has 0 amide bonds. The molecule has 1 aromatic carbocycles. The summed E-state index contributed by atoms with van der Waals surface area (Å²) in [6, 6.07) is 5.05. The molecule has 0 saturated heterocycles. The van der Waals surface area contributed by atoms with Crippen LogP contribution in [0.5, 0.6) is 0 Å². The molecule has 0 radical (unpaired) electrons. The van der Waals surface area contributed by atoms with Gasteiger partial charge in [-0.25, -0.2) is 0 Å². The number of nitrogen functional groups attached to an aromatic ring is 1. The van der Waals surface area contributed by atoms with E-state index in [1.807, 2.05) is 0 Å². The molecule has 0 spiro atoms. The van der Waals surface area contributed by atoms with Crippen LogP contribution in [0.4, 0.5) is 18.9 Å². The smallest absolute Gasteiger partial charge is 0.389 e. The Labute approximate surface area is 101 Å². The van der Waals surface area contributed by atoms with Gasteiger partial charge >= 0.3 is 6.18 Å². The molecular formula is C10H11ClF3NS. The Balaban J connectivity index is 2.43. The SMILES string of the molecule is Nc1cccc(Cl)c1SCCCC(F)(F)F. The van der Waals surface area contributed by atoms with Crippen molar-refractivity contribution in [3.8, 4) is 0 Å². The molecule has 2 N–H and O–H groups in total. The number of hydrogen-bond donors (Lipinski definition) is 1. The summed E-state index contributed by atoms with van der Waals surface area (Å²) in [5.41, 5.74) is 6.17. The Morgan fingerprint density at radius 3 is 2.56 bits per heavy atom. The summed E-state index contributed by atoms with van der Waals surface area (Å²) in [6.07, 6.45) is -4.80. The molecule has 1 aromatic rings. The van der Waals surface area contributed by atoms with Crippen molar-refractivity contribution in [3.63, 3.8) is 0 Å². The van der Waals surface area contributed by atoms with Crippen LogP contribution in [0.3, 0.4) is 0 Å². The molecule has 0 aliphatic heterocycles. The van der Waals surface area contributed by atoms with Gasteiger partial charge < -0.3 is 5.73 Å². The lowest BCUT2D eigenvalue weighted by molar-refractivity contribution is -0.134. The third kappa shape index (κ3) is 4.53. The molecule has 0 bridgehead atoms. The lowest BCUT2D eigenvalue weighted by Gasteiger charge is -2.08. The van der Waals surface area contributed by atoms with Crippen molar-refractivity contribution in [2.45, 2.75) is 23.9 Å². The first-order chi connectivity index (χ1) is 7.40. The van der Waals surface area contributed by atoms with E-state index in [-0.39, 0.29) is 6.42 Å². The predicted molar refractivity (Wildman–Crippen MR) is 61.9 cm³/mol. The first-order valence-corrected chi connectivity index (χ1v) is 6.00. The summed E-state index contributed by atoms with van der Waals surface area (Å²) in [5.74, 6) is 0.355. The van der Waals surface area contributed by atoms with E-state index in [1.165, 1.54) is 11.8 Å². The standard InChI is InChI=1S/C10H11ClF3NS/c11-7-3-1-4-8(15)9(7)16-6-2-5-10(12,13)14/h1,3-4H,2,5-6,15H2. The fourth-order valence-corrected chi connectivity index (χ4v) is 2.40. The summed E-state index contributed by atoms with van der Waals surface area (Å²) >= 11 is 7.13. The molecule has 0 aliphatic carbocycles. The van der Waals surface area contributed by atoms with Gasteiger partial charge in [0, 0.05) is 17.0 Å². The zero-order chi connectivity index (χ0) is 12.2. The van der Waals surface area contributed by atoms with Gasteiger partial charge in [-0.05, 0) is 24.3 Å². The maximum atomic E-state index is 11.9. The molecule has 16 heavy (non-hydrogen) atoms. The van der Waals surface area contributed by atoms with E-state index in [4.69, 9.17) is 17.3 Å². The van der Waals surface area contributed by atoms with Gasteiger partial charge in [0.25, 0.3) is 0 Å². The van der Waals surface area contributed by atoms with E-state index in [2.05, 4.69) is 0 Å². The van der Waals surface area contributed by atoms with Gasteiger partial charge in [0.05, 0.1) is 5.02 Å². The quantitative estimate of drug-likeness (QED) is 0.499. The summed E-state index contributed by atoms with van der Waals surface area (Å²) in [4.78, 5) is 0.659. The topological polar surface area (TPSA) is 26.0 Å². The second-order valence-corrected chi connectivity index (χ2v) is 4.74. The lowest BCUT2D eigenvalue weighted by atomic mass is 10.3. The first-order valence-electron chi connectivity index (χ1n) is 4.63. The number of benzene rings is 1. The van der Waals surface area contributed by atoms with Crippen molar-refractivity contribution in [3.05, 3.63) is 23.2 Å². The Bertz CT molecular complexity index is 334. The van der Waals surface area contributed by atoms with Crippen LogP contribution < -0.4 is 5.73 Å². The van der Waals surface area contributed by atoms with Crippen molar-refractivity contribution in [2.75, 3.05) is 11.5 Å². The third-order valence-corrected chi connectivity index (χ3v) is 3.51. The van der Waals surface area contributed by atoms with Gasteiger partial charge in [-0.2, -0.15) is 13.2 Å². The van der Waals surface area contributed by atoms with Crippen molar-refractivity contribution < 1.29 is 13.2 Å². The normalized spacial score (nSPS) is 11.8. The second kappa shape index (κ2) is 5.68. The summed E-state index contributed by atoms with van der Waals surface area (Å²) in [7, 11) is 0. The lowest BCUT2D eigenvalue weighted by Crippen LogP contribution is -2.06. The van der Waals surface area contributed by atoms with Gasteiger partial charge in [0.1, 0.15) is 0 Å². The molecule has 0 aromatic heterocycles. The van der Waals surface area contributed by atoms with Gasteiger partial charge in [0.2, 0.25) is 0 Å². The molecule has 0 aliphatic rings. The summed E-state index contributed by atoms with van der Waals surface area (Å²) < 4.78 is 35.6. The highest BCUT2D eigenvalue weighted by atomic mass is 35.5. The molecule has 1 nitrogen and oxygen atoms in total. The van der Waals surface area contributed by atoms with Crippen LogP contribution in [0, 0.1) is 0 Å². The van der Waals surface area contributed by atoms with Crippen LogP contribution in [0.15, 0.2) is 23.1 Å². The second-order valence-electron chi connectivity index (χ2n) is 3.23. The van der Waals surface area contributed by atoms with Crippen molar-refractivity contribution >= 4 is 29.1 Å². The van der Waals surface area contributed by atoms with Gasteiger partial charge in [-0.3, -0.25) is 0 Å². The highest BCUT2D eigenvalue weighted by molar-refractivity contribution is 7.99. The molecule has 0 saturated carbocycles. The van der Waals surface area contributed by atoms with Gasteiger partial charge in [0.15, 0.2) is 0 Å². The minimum Gasteiger partial charge on any atom is -0.398 e. The first kappa shape index (κ1) is 13.5. The molecule has 6 heteroatoms. The van der Waals surface area contributed by atoms with Crippen molar-refractivity contribution in [1.82, 2.24) is 0 Å². The molecule has 0 unspecified atom stereocenters. The Hall–Kier alpha value is -0.550. The largest absolute Gasteiger partial charge is 0.398 e. The minimum absolute atomic E-state index is 0.0683. The van der Waals surface area contributed by atoms with Crippen molar-refractivity contribution in [1.29, 1.82) is 0 Å². The molecular weight excluding hydrogens is 259 g/mol. The number of thioether (sulfide) groups is 1. The Morgan fingerprint density at radius 1 is 1.31 bits per heavy atom. The molecule has 0 heterocycles. The number of alkyl halides is 3. The van der Waals surface area contributed by atoms with E-state index in [0.717, 1.165) is 0 Å². The zero-order valence-corrected chi connectivity index (χ0v) is 9.92. The van der Waals surface area contributed by atoms with Crippen molar-refractivity contribution in [2.24, 2.45) is 0 Å². The Kier molecular flexibility index (Phi) is 4.80. The van der Waals surface area contributed by atoms with E-state index < -0.39 is 12.6 Å². The third-order valence-electron chi connectivity index (χ3n) is 1.85. The molecule has 0 fully saturated rings. The predicted octanol–water partition coefficient (Wildman–Crippen LogP) is 4.36. The van der Waals surface area contributed by atoms with Crippen LogP contribution in [-0.4, -0.2) is 11.9 Å². The maximum Gasteiger partial charge on any atom is 0.389 e. The highest BCUT2D eigenvalue weighted by Gasteiger charge is 2.25. The fraction of sp³-hybridized carbons (Fsp3) is 0.400. The average molecular weight is 270 g/mol. The molecule has 90 valence electrons. The number of anilines is 1. The number of rotatable bonds is 4. The van der Waals surface area contributed by atoms with Crippen LogP contribution in [0.25, 0.3) is 0 Å². The van der Waals surface area contributed by atoms with Gasteiger partial charge in [-0.15, -0.1) is 11.8 Å². The zero-order valence-electron chi connectivity index (χ0n) is 8.35. The summed E-state index contributed by atoms with van der Waals surface area (Å²) in [6.45, 7) is 0. The average Bonchev–Trinajstić information content (AvgIpc) is 2.14. The van der Waals surface area contributed by atoms with E-state index in [0.29, 0.717) is 21.4 Å².